The summed E-state index contributed by atoms with van der Waals surface area (Å²) < 4.78 is 23.1. The average molecular weight is 243 g/mol. The van der Waals surface area contributed by atoms with Gasteiger partial charge in [-0.3, -0.25) is 4.84 Å². The van der Waals surface area contributed by atoms with E-state index in [9.17, 15) is 8.42 Å². The molecule has 0 aliphatic heterocycles. The van der Waals surface area contributed by atoms with Gasteiger partial charge in [-0.25, -0.2) is 8.42 Å². The first-order valence-corrected chi connectivity index (χ1v) is 6.80. The van der Waals surface area contributed by atoms with Crippen LogP contribution >= 0.6 is 0 Å². The Morgan fingerprint density at radius 3 is 2.44 bits per heavy atom. The minimum Gasteiger partial charge on any atom is -0.287 e. The number of hydrogen-bond acceptors (Lipinski definition) is 3. The minimum absolute atomic E-state index is 0.0636. The first kappa shape index (κ1) is 13.2. The Morgan fingerprint density at radius 2 is 1.88 bits per heavy atom. The third-order valence-electron chi connectivity index (χ3n) is 1.80. The van der Waals surface area contributed by atoms with Gasteiger partial charge in [0.2, 0.25) is 10.0 Å². The van der Waals surface area contributed by atoms with Crippen molar-refractivity contribution in [3.63, 3.8) is 0 Å². The predicted octanol–water partition coefficient (Wildman–Crippen LogP) is 1.69. The number of sulfonamides is 1. The Kier molecular flexibility index (Phi) is 4.92. The van der Waals surface area contributed by atoms with Gasteiger partial charge in [0.05, 0.1) is 12.4 Å². The normalized spacial score (nSPS) is 11.9. The second-order valence-corrected chi connectivity index (χ2v) is 5.72. The van der Waals surface area contributed by atoms with Crippen LogP contribution in [0.1, 0.15) is 19.4 Å². The van der Waals surface area contributed by atoms with Crippen molar-refractivity contribution >= 4 is 10.0 Å². The van der Waals surface area contributed by atoms with Gasteiger partial charge in [-0.2, -0.15) is 0 Å². The molecule has 90 valence electrons. The standard InChI is InChI=1S/C11H17NO3S/c1-10(2)8-15-12-16(13,14)9-11-6-4-3-5-7-11/h3-7,10,12H,8-9H2,1-2H3. The van der Waals surface area contributed by atoms with Crippen molar-refractivity contribution in [2.45, 2.75) is 19.6 Å². The zero-order valence-corrected chi connectivity index (χ0v) is 10.3. The van der Waals surface area contributed by atoms with Gasteiger partial charge in [0.1, 0.15) is 0 Å². The molecule has 0 heterocycles. The molecule has 0 spiro atoms. The SMILES string of the molecule is CC(C)CONS(=O)(=O)Cc1ccccc1. The molecule has 0 fully saturated rings. The third kappa shape index (κ3) is 5.25. The first-order chi connectivity index (χ1) is 7.49. The lowest BCUT2D eigenvalue weighted by molar-refractivity contribution is 0.0718. The van der Waals surface area contributed by atoms with Crippen molar-refractivity contribution in [1.82, 2.24) is 4.89 Å². The monoisotopic (exact) mass is 243 g/mol. The molecule has 1 N–H and O–H groups in total. The average Bonchev–Trinajstić information content (AvgIpc) is 2.17. The summed E-state index contributed by atoms with van der Waals surface area (Å²) >= 11 is 0. The van der Waals surface area contributed by atoms with Crippen LogP contribution < -0.4 is 4.89 Å². The number of benzene rings is 1. The summed E-state index contributed by atoms with van der Waals surface area (Å²) in [5.41, 5.74) is 0.739. The van der Waals surface area contributed by atoms with Crippen molar-refractivity contribution in [3.05, 3.63) is 35.9 Å². The maximum Gasteiger partial charge on any atom is 0.237 e. The largest absolute Gasteiger partial charge is 0.287 e. The highest BCUT2D eigenvalue weighted by molar-refractivity contribution is 7.88. The maximum absolute atomic E-state index is 11.5. The highest BCUT2D eigenvalue weighted by atomic mass is 32.2. The molecule has 1 rings (SSSR count). The molecule has 0 bridgehead atoms. The van der Waals surface area contributed by atoms with E-state index < -0.39 is 10.0 Å². The van der Waals surface area contributed by atoms with Crippen LogP contribution in [0.25, 0.3) is 0 Å². The first-order valence-electron chi connectivity index (χ1n) is 5.15. The van der Waals surface area contributed by atoms with Crippen LogP contribution in [0.3, 0.4) is 0 Å². The molecule has 1 aromatic carbocycles. The molecule has 4 nitrogen and oxygen atoms in total. The summed E-state index contributed by atoms with van der Waals surface area (Å²) in [7, 11) is -3.40. The summed E-state index contributed by atoms with van der Waals surface area (Å²) in [6, 6.07) is 8.99. The van der Waals surface area contributed by atoms with E-state index in [1.54, 1.807) is 24.3 Å². The molecule has 0 amide bonds. The fourth-order valence-electron chi connectivity index (χ4n) is 1.11. The predicted molar refractivity (Wildman–Crippen MR) is 63.0 cm³/mol. The molecule has 0 aliphatic carbocycles. The van der Waals surface area contributed by atoms with Crippen LogP contribution in [0.4, 0.5) is 0 Å². The van der Waals surface area contributed by atoms with Crippen LogP contribution in [-0.4, -0.2) is 15.0 Å². The highest BCUT2D eigenvalue weighted by Crippen LogP contribution is 2.04. The van der Waals surface area contributed by atoms with E-state index in [1.165, 1.54) is 0 Å². The molecule has 16 heavy (non-hydrogen) atoms. The minimum atomic E-state index is -3.40. The topological polar surface area (TPSA) is 55.4 Å². The maximum atomic E-state index is 11.5. The van der Waals surface area contributed by atoms with Crippen LogP contribution in [0, 0.1) is 5.92 Å². The highest BCUT2D eigenvalue weighted by Gasteiger charge is 2.11. The molecule has 0 saturated heterocycles. The van der Waals surface area contributed by atoms with Crippen LogP contribution in [0.5, 0.6) is 0 Å². The van der Waals surface area contributed by atoms with Crippen LogP contribution in [0.15, 0.2) is 30.3 Å². The zero-order chi connectivity index (χ0) is 12.0. The zero-order valence-electron chi connectivity index (χ0n) is 9.51. The summed E-state index contributed by atoms with van der Waals surface area (Å²) in [5.74, 6) is 0.228. The Hall–Kier alpha value is -0.910. The molecule has 0 atom stereocenters. The van der Waals surface area contributed by atoms with Crippen molar-refractivity contribution in [3.8, 4) is 0 Å². The lowest BCUT2D eigenvalue weighted by Crippen LogP contribution is -2.27. The van der Waals surface area contributed by atoms with Crippen molar-refractivity contribution in [1.29, 1.82) is 0 Å². The van der Waals surface area contributed by atoms with Gasteiger partial charge in [0.25, 0.3) is 0 Å². The van der Waals surface area contributed by atoms with E-state index >= 15 is 0 Å². The van der Waals surface area contributed by atoms with Gasteiger partial charge >= 0.3 is 0 Å². The quantitative estimate of drug-likeness (QED) is 0.774. The van der Waals surface area contributed by atoms with E-state index in [2.05, 4.69) is 4.89 Å². The number of rotatable bonds is 6. The summed E-state index contributed by atoms with van der Waals surface area (Å²) in [6.07, 6.45) is 0. The fraction of sp³-hybridized carbons (Fsp3) is 0.455. The molecule has 0 aliphatic rings. The van der Waals surface area contributed by atoms with Gasteiger partial charge < -0.3 is 0 Å². The number of nitrogens with one attached hydrogen (secondary N) is 1. The van der Waals surface area contributed by atoms with E-state index in [0.717, 1.165) is 5.56 Å². The molecular weight excluding hydrogens is 226 g/mol. The summed E-state index contributed by atoms with van der Waals surface area (Å²) in [6.45, 7) is 4.27. The van der Waals surface area contributed by atoms with E-state index in [4.69, 9.17) is 4.84 Å². The van der Waals surface area contributed by atoms with Crippen molar-refractivity contribution in [2.24, 2.45) is 5.92 Å². The van der Waals surface area contributed by atoms with Gasteiger partial charge in [-0.1, -0.05) is 49.1 Å². The fourth-order valence-corrected chi connectivity index (χ4v) is 2.05. The molecular formula is C11H17NO3S. The van der Waals surface area contributed by atoms with E-state index in [0.29, 0.717) is 12.5 Å². The summed E-state index contributed by atoms with van der Waals surface area (Å²) in [4.78, 5) is 7.01. The summed E-state index contributed by atoms with van der Waals surface area (Å²) in [5, 5.41) is 0. The molecule has 5 heteroatoms. The smallest absolute Gasteiger partial charge is 0.237 e. The Balaban J connectivity index is 2.46. The van der Waals surface area contributed by atoms with Crippen molar-refractivity contribution < 1.29 is 13.3 Å². The Bertz CT molecular complexity index is 400. The molecule has 1 aromatic rings. The molecule has 0 radical (unpaired) electrons. The number of hydrogen-bond donors (Lipinski definition) is 1. The lowest BCUT2D eigenvalue weighted by Gasteiger charge is -2.08. The molecule has 0 aromatic heterocycles. The third-order valence-corrected chi connectivity index (χ3v) is 2.89. The molecule has 0 unspecified atom stereocenters. The van der Waals surface area contributed by atoms with Crippen LogP contribution in [-0.2, 0) is 20.6 Å². The van der Waals surface area contributed by atoms with Crippen LogP contribution in [0.2, 0.25) is 0 Å². The van der Waals surface area contributed by atoms with Gasteiger partial charge in [0, 0.05) is 0 Å². The van der Waals surface area contributed by atoms with E-state index in [1.807, 2.05) is 19.9 Å². The Labute approximate surface area is 96.6 Å². The van der Waals surface area contributed by atoms with Gasteiger partial charge in [-0.05, 0) is 11.5 Å². The Morgan fingerprint density at radius 1 is 1.25 bits per heavy atom. The van der Waals surface area contributed by atoms with Crippen molar-refractivity contribution in [2.75, 3.05) is 6.61 Å². The van der Waals surface area contributed by atoms with E-state index in [-0.39, 0.29) is 5.75 Å². The second kappa shape index (κ2) is 5.98. The van der Waals surface area contributed by atoms with Gasteiger partial charge in [0.15, 0.2) is 0 Å². The lowest BCUT2D eigenvalue weighted by atomic mass is 10.2. The molecule has 0 saturated carbocycles. The second-order valence-electron chi connectivity index (χ2n) is 4.03. The van der Waals surface area contributed by atoms with Gasteiger partial charge in [-0.15, -0.1) is 0 Å².